The van der Waals surface area contributed by atoms with Gasteiger partial charge in [-0.05, 0) is 52.2 Å². The van der Waals surface area contributed by atoms with Gasteiger partial charge in [0, 0.05) is 19.2 Å². The van der Waals surface area contributed by atoms with Gasteiger partial charge in [-0.3, -0.25) is 0 Å². The molecule has 0 aromatic heterocycles. The van der Waals surface area contributed by atoms with E-state index in [1.807, 2.05) is 0 Å². The SMILES string of the molecule is CCNC(C)CCCCN(CC)CC1CCCO1. The van der Waals surface area contributed by atoms with Crippen LogP contribution in [0.3, 0.4) is 0 Å². The van der Waals surface area contributed by atoms with Gasteiger partial charge in [-0.1, -0.05) is 20.3 Å². The fourth-order valence-electron chi connectivity index (χ4n) is 2.69. The average molecular weight is 256 g/mol. The number of nitrogens with one attached hydrogen (secondary N) is 1. The minimum atomic E-state index is 0.505. The first kappa shape index (κ1) is 15.9. The van der Waals surface area contributed by atoms with E-state index in [1.54, 1.807) is 0 Å². The number of hydrogen-bond donors (Lipinski definition) is 1. The average Bonchev–Trinajstić information content (AvgIpc) is 2.86. The smallest absolute Gasteiger partial charge is 0.0702 e. The Bertz CT molecular complexity index is 193. The van der Waals surface area contributed by atoms with Gasteiger partial charge in [-0.25, -0.2) is 0 Å². The van der Waals surface area contributed by atoms with Crippen molar-refractivity contribution in [3.05, 3.63) is 0 Å². The monoisotopic (exact) mass is 256 g/mol. The molecule has 0 aliphatic carbocycles. The summed E-state index contributed by atoms with van der Waals surface area (Å²) in [4.78, 5) is 2.55. The summed E-state index contributed by atoms with van der Waals surface area (Å²) in [6.45, 7) is 12.3. The normalized spacial score (nSPS) is 21.7. The van der Waals surface area contributed by atoms with Crippen LogP contribution >= 0.6 is 0 Å². The maximum Gasteiger partial charge on any atom is 0.0702 e. The van der Waals surface area contributed by atoms with E-state index in [9.17, 15) is 0 Å². The van der Waals surface area contributed by atoms with Gasteiger partial charge in [0.25, 0.3) is 0 Å². The molecule has 1 N–H and O–H groups in total. The maximum atomic E-state index is 5.71. The highest BCUT2D eigenvalue weighted by Crippen LogP contribution is 2.13. The van der Waals surface area contributed by atoms with Crippen LogP contribution in [0.4, 0.5) is 0 Å². The Morgan fingerprint density at radius 2 is 2.17 bits per heavy atom. The Balaban J connectivity index is 2.04. The molecule has 1 aliphatic heterocycles. The van der Waals surface area contributed by atoms with E-state index >= 15 is 0 Å². The molecule has 3 heteroatoms. The van der Waals surface area contributed by atoms with Crippen molar-refractivity contribution in [2.75, 3.05) is 32.8 Å². The first-order chi connectivity index (χ1) is 8.76. The summed E-state index contributed by atoms with van der Waals surface area (Å²) in [7, 11) is 0. The Hall–Kier alpha value is -0.120. The van der Waals surface area contributed by atoms with Crippen molar-refractivity contribution in [3.63, 3.8) is 0 Å². The highest BCUT2D eigenvalue weighted by Gasteiger charge is 2.18. The van der Waals surface area contributed by atoms with E-state index in [4.69, 9.17) is 4.74 Å². The molecule has 0 saturated carbocycles. The Morgan fingerprint density at radius 3 is 2.78 bits per heavy atom. The van der Waals surface area contributed by atoms with Crippen molar-refractivity contribution in [2.45, 2.75) is 65.0 Å². The topological polar surface area (TPSA) is 24.5 Å². The summed E-state index contributed by atoms with van der Waals surface area (Å²) in [6.07, 6.45) is 6.96. The van der Waals surface area contributed by atoms with Gasteiger partial charge in [0.15, 0.2) is 0 Å². The largest absolute Gasteiger partial charge is 0.377 e. The molecule has 1 fully saturated rings. The van der Waals surface area contributed by atoms with Crippen molar-refractivity contribution < 1.29 is 4.74 Å². The van der Waals surface area contributed by atoms with Crippen LogP contribution in [0.2, 0.25) is 0 Å². The number of likely N-dealkylation sites (N-methyl/N-ethyl adjacent to an activating group) is 1. The van der Waals surface area contributed by atoms with Crippen LogP contribution in [0.5, 0.6) is 0 Å². The predicted molar refractivity (Wildman–Crippen MR) is 78.1 cm³/mol. The van der Waals surface area contributed by atoms with Crippen LogP contribution in [0.1, 0.15) is 52.9 Å². The van der Waals surface area contributed by atoms with Crippen molar-refractivity contribution in [1.82, 2.24) is 10.2 Å². The number of rotatable bonds is 10. The maximum absolute atomic E-state index is 5.71. The van der Waals surface area contributed by atoms with Gasteiger partial charge >= 0.3 is 0 Å². The Morgan fingerprint density at radius 1 is 1.33 bits per heavy atom. The second-order valence-electron chi connectivity index (χ2n) is 5.48. The highest BCUT2D eigenvalue weighted by atomic mass is 16.5. The number of ether oxygens (including phenoxy) is 1. The molecule has 0 aromatic carbocycles. The zero-order chi connectivity index (χ0) is 13.2. The first-order valence-corrected chi connectivity index (χ1v) is 7.83. The molecule has 18 heavy (non-hydrogen) atoms. The van der Waals surface area contributed by atoms with E-state index in [1.165, 1.54) is 38.6 Å². The lowest BCUT2D eigenvalue weighted by Crippen LogP contribution is -2.33. The van der Waals surface area contributed by atoms with Crippen LogP contribution in [0.25, 0.3) is 0 Å². The van der Waals surface area contributed by atoms with Crippen LogP contribution in [-0.2, 0) is 4.74 Å². The van der Waals surface area contributed by atoms with Gasteiger partial charge in [0.2, 0.25) is 0 Å². The molecule has 108 valence electrons. The molecular formula is C15H32N2O. The minimum absolute atomic E-state index is 0.505. The van der Waals surface area contributed by atoms with Gasteiger partial charge < -0.3 is 15.0 Å². The molecule has 1 aliphatic rings. The number of hydrogen-bond acceptors (Lipinski definition) is 3. The van der Waals surface area contributed by atoms with E-state index in [2.05, 4.69) is 31.0 Å². The molecule has 0 bridgehead atoms. The van der Waals surface area contributed by atoms with Crippen LogP contribution < -0.4 is 5.32 Å². The Kier molecular flexibility index (Phi) is 8.64. The highest BCUT2D eigenvalue weighted by molar-refractivity contribution is 4.70. The number of nitrogens with zero attached hydrogens (tertiary/aromatic N) is 1. The molecule has 1 rings (SSSR count). The van der Waals surface area contributed by atoms with E-state index in [0.29, 0.717) is 12.1 Å². The van der Waals surface area contributed by atoms with Crippen LogP contribution in [0, 0.1) is 0 Å². The fourth-order valence-corrected chi connectivity index (χ4v) is 2.69. The minimum Gasteiger partial charge on any atom is -0.377 e. The Labute approximate surface area is 113 Å². The third-order valence-electron chi connectivity index (χ3n) is 3.85. The second kappa shape index (κ2) is 9.76. The molecule has 3 nitrogen and oxygen atoms in total. The zero-order valence-electron chi connectivity index (χ0n) is 12.6. The van der Waals surface area contributed by atoms with E-state index in [-0.39, 0.29) is 0 Å². The summed E-state index contributed by atoms with van der Waals surface area (Å²) in [5.74, 6) is 0. The lowest BCUT2D eigenvalue weighted by molar-refractivity contribution is 0.0742. The molecule has 0 amide bonds. The molecule has 0 aromatic rings. The molecule has 2 atom stereocenters. The summed E-state index contributed by atoms with van der Waals surface area (Å²) in [5, 5.41) is 3.47. The molecule has 2 unspecified atom stereocenters. The molecule has 1 heterocycles. The van der Waals surface area contributed by atoms with Crippen LogP contribution in [0.15, 0.2) is 0 Å². The summed E-state index contributed by atoms with van der Waals surface area (Å²) < 4.78 is 5.71. The second-order valence-corrected chi connectivity index (χ2v) is 5.48. The third-order valence-corrected chi connectivity index (χ3v) is 3.85. The fraction of sp³-hybridized carbons (Fsp3) is 1.00. The van der Waals surface area contributed by atoms with Gasteiger partial charge in [0.1, 0.15) is 0 Å². The van der Waals surface area contributed by atoms with Crippen molar-refractivity contribution in [3.8, 4) is 0 Å². The van der Waals surface area contributed by atoms with Crippen molar-refractivity contribution in [1.29, 1.82) is 0 Å². The summed E-state index contributed by atoms with van der Waals surface area (Å²) in [5.41, 5.74) is 0. The molecule has 0 radical (unpaired) electrons. The van der Waals surface area contributed by atoms with Crippen molar-refractivity contribution in [2.24, 2.45) is 0 Å². The van der Waals surface area contributed by atoms with Crippen molar-refractivity contribution >= 4 is 0 Å². The van der Waals surface area contributed by atoms with Crippen LogP contribution in [-0.4, -0.2) is 49.8 Å². The lowest BCUT2D eigenvalue weighted by atomic mass is 10.1. The quantitative estimate of drug-likeness (QED) is 0.608. The molecule has 0 spiro atoms. The lowest BCUT2D eigenvalue weighted by Gasteiger charge is -2.23. The van der Waals surface area contributed by atoms with Gasteiger partial charge in [-0.15, -0.1) is 0 Å². The van der Waals surface area contributed by atoms with E-state index in [0.717, 1.165) is 26.2 Å². The third kappa shape index (κ3) is 6.72. The molecule has 1 saturated heterocycles. The standard InChI is InChI=1S/C15H32N2O/c1-4-16-14(3)9-6-7-11-17(5-2)13-15-10-8-12-18-15/h14-16H,4-13H2,1-3H3. The summed E-state index contributed by atoms with van der Waals surface area (Å²) in [6, 6.07) is 0.670. The number of unbranched alkanes of at least 4 members (excludes halogenated alkanes) is 1. The van der Waals surface area contributed by atoms with Gasteiger partial charge in [-0.2, -0.15) is 0 Å². The molecular weight excluding hydrogens is 224 g/mol. The van der Waals surface area contributed by atoms with Gasteiger partial charge in [0.05, 0.1) is 6.10 Å². The first-order valence-electron chi connectivity index (χ1n) is 7.83. The summed E-state index contributed by atoms with van der Waals surface area (Å²) >= 11 is 0. The predicted octanol–water partition coefficient (Wildman–Crippen LogP) is 2.66. The van der Waals surface area contributed by atoms with E-state index < -0.39 is 0 Å². The zero-order valence-corrected chi connectivity index (χ0v) is 12.6.